The van der Waals surface area contributed by atoms with Gasteiger partial charge >= 0.3 is 0 Å². The summed E-state index contributed by atoms with van der Waals surface area (Å²) in [5.74, 6) is 1.80. The minimum Gasteiger partial charge on any atom is -0.363 e. The van der Waals surface area contributed by atoms with Gasteiger partial charge in [-0.15, -0.1) is 10.2 Å². The minimum atomic E-state index is 0.646. The topological polar surface area (TPSA) is 63.6 Å². The number of hydrogen-bond acceptors (Lipinski definition) is 6. The normalized spacial score (nSPS) is 13.5. The van der Waals surface area contributed by atoms with Crippen molar-refractivity contribution in [1.82, 2.24) is 20.2 Å². The predicted molar refractivity (Wildman–Crippen MR) is 96.1 cm³/mol. The Morgan fingerprint density at radius 3 is 2.75 bits per heavy atom. The van der Waals surface area contributed by atoms with Gasteiger partial charge < -0.3 is 5.32 Å². The highest BCUT2D eigenvalue weighted by molar-refractivity contribution is 7.14. The van der Waals surface area contributed by atoms with Crippen molar-refractivity contribution in [3.05, 3.63) is 52.4 Å². The number of rotatable bonds is 4. The number of nitrogens with one attached hydrogen (secondary N) is 1. The number of aromatic nitrogens is 4. The van der Waals surface area contributed by atoms with Crippen LogP contribution in [-0.4, -0.2) is 20.2 Å². The molecule has 0 spiro atoms. The molecule has 0 bridgehead atoms. The lowest BCUT2D eigenvalue weighted by Gasteiger charge is -2.18. The Labute approximate surface area is 145 Å². The number of benzene rings is 1. The number of aryl methyl sites for hydroxylation is 2. The number of anilines is 1. The van der Waals surface area contributed by atoms with Gasteiger partial charge in [0.25, 0.3) is 0 Å². The summed E-state index contributed by atoms with van der Waals surface area (Å²) < 4.78 is 0. The summed E-state index contributed by atoms with van der Waals surface area (Å²) in [6, 6.07) is 10.2. The largest absolute Gasteiger partial charge is 0.363 e. The van der Waals surface area contributed by atoms with Gasteiger partial charge in [0.2, 0.25) is 0 Å². The van der Waals surface area contributed by atoms with Gasteiger partial charge in [-0.3, -0.25) is 0 Å². The van der Waals surface area contributed by atoms with Crippen LogP contribution >= 0.6 is 11.3 Å². The van der Waals surface area contributed by atoms with Crippen LogP contribution in [0.25, 0.3) is 10.6 Å². The van der Waals surface area contributed by atoms with Gasteiger partial charge in [0.05, 0.1) is 6.54 Å². The molecule has 1 aromatic carbocycles. The van der Waals surface area contributed by atoms with E-state index >= 15 is 0 Å². The second-order valence-corrected chi connectivity index (χ2v) is 7.03. The first-order valence-corrected chi connectivity index (χ1v) is 9.09. The first kappa shape index (κ1) is 15.2. The van der Waals surface area contributed by atoms with E-state index in [4.69, 9.17) is 0 Å². The van der Waals surface area contributed by atoms with Crippen LogP contribution in [0.15, 0.2) is 30.3 Å². The summed E-state index contributed by atoms with van der Waals surface area (Å²) in [6.45, 7) is 2.60. The summed E-state index contributed by atoms with van der Waals surface area (Å²) in [5, 5.41) is 14.0. The highest BCUT2D eigenvalue weighted by Crippen LogP contribution is 2.27. The quantitative estimate of drug-likeness (QED) is 0.784. The number of fused-ring (bicyclic) bond motifs is 1. The molecule has 4 rings (SSSR count). The van der Waals surface area contributed by atoms with Crippen molar-refractivity contribution in [2.45, 2.75) is 39.2 Å². The molecule has 6 heteroatoms. The Bertz CT molecular complexity index is 844. The van der Waals surface area contributed by atoms with Crippen LogP contribution in [0.5, 0.6) is 0 Å². The Hall–Kier alpha value is -2.34. The van der Waals surface area contributed by atoms with E-state index in [2.05, 4.69) is 37.6 Å². The van der Waals surface area contributed by atoms with Gasteiger partial charge in [-0.2, -0.15) is 0 Å². The van der Waals surface area contributed by atoms with Gasteiger partial charge in [0, 0.05) is 16.8 Å². The van der Waals surface area contributed by atoms with Gasteiger partial charge in [0.1, 0.15) is 21.7 Å². The Kier molecular flexibility index (Phi) is 4.21. The van der Waals surface area contributed by atoms with Crippen molar-refractivity contribution in [3.8, 4) is 10.6 Å². The zero-order valence-electron chi connectivity index (χ0n) is 13.6. The van der Waals surface area contributed by atoms with E-state index in [1.54, 1.807) is 11.3 Å². The van der Waals surface area contributed by atoms with Crippen molar-refractivity contribution in [1.29, 1.82) is 0 Å². The maximum Gasteiger partial charge on any atom is 0.147 e. The van der Waals surface area contributed by atoms with Crippen molar-refractivity contribution >= 4 is 17.2 Å². The van der Waals surface area contributed by atoms with Gasteiger partial charge in [-0.1, -0.05) is 41.7 Å². The standard InChI is InChI=1S/C18H19N5S/c1-12-20-15-10-6-5-9-14(15)17(21-12)19-11-16-22-23-18(24-16)13-7-3-2-4-8-13/h2-4,7-8H,5-6,9-11H2,1H3,(H,19,20,21). The molecule has 1 aliphatic carbocycles. The number of hydrogen-bond donors (Lipinski definition) is 1. The molecule has 2 aromatic heterocycles. The minimum absolute atomic E-state index is 0.646. The van der Waals surface area contributed by atoms with E-state index in [0.717, 1.165) is 40.1 Å². The fourth-order valence-corrected chi connectivity index (χ4v) is 3.83. The van der Waals surface area contributed by atoms with E-state index in [0.29, 0.717) is 6.54 Å². The second kappa shape index (κ2) is 6.65. The molecule has 122 valence electrons. The van der Waals surface area contributed by atoms with E-state index in [1.165, 1.54) is 24.1 Å². The lowest BCUT2D eigenvalue weighted by Crippen LogP contribution is -2.13. The molecule has 0 atom stereocenters. The molecule has 0 saturated carbocycles. The third-order valence-corrected chi connectivity index (χ3v) is 5.16. The first-order chi connectivity index (χ1) is 11.8. The maximum atomic E-state index is 4.60. The van der Waals surface area contributed by atoms with Crippen LogP contribution in [0.1, 0.15) is 34.9 Å². The fraction of sp³-hybridized carbons (Fsp3) is 0.333. The summed E-state index contributed by atoms with van der Waals surface area (Å²) >= 11 is 1.62. The van der Waals surface area contributed by atoms with Crippen molar-refractivity contribution < 1.29 is 0 Å². The molecular weight excluding hydrogens is 318 g/mol. The molecule has 0 amide bonds. The van der Waals surface area contributed by atoms with Gasteiger partial charge in [0.15, 0.2) is 0 Å². The average molecular weight is 337 g/mol. The molecular formula is C18H19N5S. The van der Waals surface area contributed by atoms with Crippen LogP contribution in [0.3, 0.4) is 0 Å². The molecule has 2 heterocycles. The van der Waals surface area contributed by atoms with E-state index in [1.807, 2.05) is 25.1 Å². The Balaban J connectivity index is 1.52. The molecule has 0 radical (unpaired) electrons. The molecule has 0 unspecified atom stereocenters. The van der Waals surface area contributed by atoms with Crippen LogP contribution in [0.2, 0.25) is 0 Å². The number of nitrogens with zero attached hydrogens (tertiary/aromatic N) is 4. The lowest BCUT2D eigenvalue weighted by atomic mass is 9.96. The molecule has 3 aromatic rings. The summed E-state index contributed by atoms with van der Waals surface area (Å²) in [5.41, 5.74) is 3.59. The molecule has 0 aliphatic heterocycles. The second-order valence-electron chi connectivity index (χ2n) is 5.97. The zero-order chi connectivity index (χ0) is 16.4. The summed E-state index contributed by atoms with van der Waals surface area (Å²) in [4.78, 5) is 9.20. The van der Waals surface area contributed by atoms with Crippen LogP contribution in [-0.2, 0) is 19.4 Å². The van der Waals surface area contributed by atoms with Gasteiger partial charge in [-0.05, 0) is 32.6 Å². The van der Waals surface area contributed by atoms with Gasteiger partial charge in [-0.25, -0.2) is 9.97 Å². The highest BCUT2D eigenvalue weighted by Gasteiger charge is 2.17. The molecule has 1 aliphatic rings. The van der Waals surface area contributed by atoms with Crippen molar-refractivity contribution in [2.75, 3.05) is 5.32 Å². The van der Waals surface area contributed by atoms with Crippen molar-refractivity contribution in [3.63, 3.8) is 0 Å². The van der Waals surface area contributed by atoms with Crippen LogP contribution < -0.4 is 5.32 Å². The summed E-state index contributed by atoms with van der Waals surface area (Å²) in [7, 11) is 0. The monoisotopic (exact) mass is 337 g/mol. The molecule has 0 fully saturated rings. The average Bonchev–Trinajstić information content (AvgIpc) is 3.09. The maximum absolute atomic E-state index is 4.60. The molecule has 0 saturated heterocycles. The highest BCUT2D eigenvalue weighted by atomic mass is 32.1. The molecule has 1 N–H and O–H groups in total. The van der Waals surface area contributed by atoms with E-state index in [-0.39, 0.29) is 0 Å². The van der Waals surface area contributed by atoms with E-state index in [9.17, 15) is 0 Å². The van der Waals surface area contributed by atoms with Crippen LogP contribution in [0, 0.1) is 6.92 Å². The Morgan fingerprint density at radius 2 is 1.88 bits per heavy atom. The molecule has 24 heavy (non-hydrogen) atoms. The first-order valence-electron chi connectivity index (χ1n) is 8.27. The van der Waals surface area contributed by atoms with E-state index < -0.39 is 0 Å². The van der Waals surface area contributed by atoms with Crippen molar-refractivity contribution in [2.24, 2.45) is 0 Å². The fourth-order valence-electron chi connectivity index (χ4n) is 3.05. The zero-order valence-corrected chi connectivity index (χ0v) is 14.4. The predicted octanol–water partition coefficient (Wildman–Crippen LogP) is 3.79. The molecule has 5 nitrogen and oxygen atoms in total. The third kappa shape index (κ3) is 3.14. The smallest absolute Gasteiger partial charge is 0.147 e. The SMILES string of the molecule is Cc1nc2c(c(NCc3nnc(-c4ccccc4)s3)n1)CCCC2. The Morgan fingerprint density at radius 1 is 1.04 bits per heavy atom. The lowest BCUT2D eigenvalue weighted by molar-refractivity contribution is 0.659. The summed E-state index contributed by atoms with van der Waals surface area (Å²) in [6.07, 6.45) is 4.55. The van der Waals surface area contributed by atoms with Crippen LogP contribution in [0.4, 0.5) is 5.82 Å². The third-order valence-electron chi connectivity index (χ3n) is 4.19.